The number of rotatable bonds is 5. The Bertz CT molecular complexity index is 622. The van der Waals surface area contributed by atoms with Gasteiger partial charge in [-0.3, -0.25) is 10.1 Å². The lowest BCUT2D eigenvalue weighted by Gasteiger charge is -2.03. The SMILES string of the molecule is Cc1ccc([N+](=O)[O-])c(-c2nnc(CNC(C)C)o2)c1. The molecule has 20 heavy (non-hydrogen) atoms. The van der Waals surface area contributed by atoms with E-state index in [1.807, 2.05) is 20.8 Å². The molecule has 1 heterocycles. The molecule has 0 saturated heterocycles. The van der Waals surface area contributed by atoms with Crippen molar-refractivity contribution in [1.82, 2.24) is 15.5 Å². The summed E-state index contributed by atoms with van der Waals surface area (Å²) in [6, 6.07) is 5.09. The minimum Gasteiger partial charge on any atom is -0.419 e. The van der Waals surface area contributed by atoms with Gasteiger partial charge in [-0.1, -0.05) is 19.9 Å². The van der Waals surface area contributed by atoms with Crippen LogP contribution in [0.3, 0.4) is 0 Å². The molecule has 0 radical (unpaired) electrons. The minimum absolute atomic E-state index is 0.0392. The predicted molar refractivity (Wildman–Crippen MR) is 73.1 cm³/mol. The molecule has 0 unspecified atom stereocenters. The standard InChI is InChI=1S/C13H16N4O3/c1-8(2)14-7-12-15-16-13(20-12)10-6-9(3)4-5-11(10)17(18)19/h4-6,8,14H,7H2,1-3H3. The van der Waals surface area contributed by atoms with Crippen LogP contribution in [0.25, 0.3) is 11.5 Å². The summed E-state index contributed by atoms with van der Waals surface area (Å²) < 4.78 is 5.48. The Hall–Kier alpha value is -2.28. The molecule has 7 nitrogen and oxygen atoms in total. The molecule has 1 N–H and O–H groups in total. The summed E-state index contributed by atoms with van der Waals surface area (Å²) in [5.74, 6) is 0.575. The van der Waals surface area contributed by atoms with Crippen LogP contribution in [0.15, 0.2) is 22.6 Å². The lowest BCUT2D eigenvalue weighted by molar-refractivity contribution is -0.384. The normalized spacial score (nSPS) is 11.0. The van der Waals surface area contributed by atoms with Gasteiger partial charge in [-0.15, -0.1) is 10.2 Å². The summed E-state index contributed by atoms with van der Waals surface area (Å²) >= 11 is 0. The monoisotopic (exact) mass is 276 g/mol. The van der Waals surface area contributed by atoms with Gasteiger partial charge in [0.1, 0.15) is 5.56 Å². The van der Waals surface area contributed by atoms with Crippen molar-refractivity contribution in [2.24, 2.45) is 0 Å². The number of nitrogens with one attached hydrogen (secondary N) is 1. The van der Waals surface area contributed by atoms with E-state index in [-0.39, 0.29) is 11.6 Å². The highest BCUT2D eigenvalue weighted by Gasteiger charge is 2.20. The molecule has 0 amide bonds. The number of hydrogen-bond acceptors (Lipinski definition) is 6. The van der Waals surface area contributed by atoms with E-state index in [2.05, 4.69) is 15.5 Å². The summed E-state index contributed by atoms with van der Waals surface area (Å²) in [7, 11) is 0. The molecule has 0 spiro atoms. The Morgan fingerprint density at radius 2 is 2.15 bits per heavy atom. The van der Waals surface area contributed by atoms with E-state index < -0.39 is 4.92 Å². The number of nitro groups is 1. The zero-order valence-corrected chi connectivity index (χ0v) is 11.6. The average Bonchev–Trinajstić information content (AvgIpc) is 2.84. The summed E-state index contributed by atoms with van der Waals surface area (Å²) in [6.07, 6.45) is 0. The van der Waals surface area contributed by atoms with Gasteiger partial charge in [0.15, 0.2) is 0 Å². The van der Waals surface area contributed by atoms with Crippen LogP contribution in [0.1, 0.15) is 25.3 Å². The van der Waals surface area contributed by atoms with Crippen LogP contribution in [0.2, 0.25) is 0 Å². The van der Waals surface area contributed by atoms with Gasteiger partial charge in [0.05, 0.1) is 11.5 Å². The molecule has 0 aliphatic heterocycles. The second kappa shape index (κ2) is 5.79. The Kier molecular flexibility index (Phi) is 4.09. The third-order valence-corrected chi connectivity index (χ3v) is 2.71. The van der Waals surface area contributed by atoms with Crippen LogP contribution in [-0.2, 0) is 6.54 Å². The van der Waals surface area contributed by atoms with Crippen molar-refractivity contribution in [3.05, 3.63) is 39.8 Å². The van der Waals surface area contributed by atoms with Crippen LogP contribution in [0.4, 0.5) is 5.69 Å². The fraction of sp³-hybridized carbons (Fsp3) is 0.385. The molecule has 0 aliphatic carbocycles. The van der Waals surface area contributed by atoms with Gasteiger partial charge in [-0.25, -0.2) is 0 Å². The quantitative estimate of drug-likeness (QED) is 0.665. The van der Waals surface area contributed by atoms with Gasteiger partial charge < -0.3 is 9.73 Å². The largest absolute Gasteiger partial charge is 0.419 e. The van der Waals surface area contributed by atoms with Crippen molar-refractivity contribution in [2.45, 2.75) is 33.4 Å². The summed E-state index contributed by atoms with van der Waals surface area (Å²) in [6.45, 7) is 6.29. The van der Waals surface area contributed by atoms with Gasteiger partial charge in [0.25, 0.3) is 11.6 Å². The molecule has 2 aromatic rings. The highest BCUT2D eigenvalue weighted by molar-refractivity contribution is 5.67. The van der Waals surface area contributed by atoms with Crippen molar-refractivity contribution in [2.75, 3.05) is 0 Å². The van der Waals surface area contributed by atoms with Crippen molar-refractivity contribution >= 4 is 5.69 Å². The van der Waals surface area contributed by atoms with Gasteiger partial charge >= 0.3 is 0 Å². The Morgan fingerprint density at radius 1 is 1.40 bits per heavy atom. The second-order valence-electron chi connectivity index (χ2n) is 4.81. The van der Waals surface area contributed by atoms with E-state index in [0.717, 1.165) is 5.56 Å². The third kappa shape index (κ3) is 3.18. The highest BCUT2D eigenvalue weighted by atomic mass is 16.6. The van der Waals surface area contributed by atoms with E-state index in [0.29, 0.717) is 24.0 Å². The molecular weight excluding hydrogens is 260 g/mol. The molecule has 0 fully saturated rings. The molecular formula is C13H16N4O3. The maximum atomic E-state index is 11.0. The summed E-state index contributed by atoms with van der Waals surface area (Å²) in [4.78, 5) is 10.6. The lowest BCUT2D eigenvalue weighted by Crippen LogP contribution is -2.21. The van der Waals surface area contributed by atoms with Crippen molar-refractivity contribution in [1.29, 1.82) is 0 Å². The van der Waals surface area contributed by atoms with Crippen LogP contribution in [-0.4, -0.2) is 21.2 Å². The number of aromatic nitrogens is 2. The van der Waals surface area contributed by atoms with Crippen molar-refractivity contribution in [3.63, 3.8) is 0 Å². The molecule has 0 saturated carbocycles. The number of nitro benzene ring substituents is 1. The highest BCUT2D eigenvalue weighted by Crippen LogP contribution is 2.29. The van der Waals surface area contributed by atoms with Crippen molar-refractivity contribution in [3.8, 4) is 11.5 Å². The average molecular weight is 276 g/mol. The van der Waals surface area contributed by atoms with Crippen LogP contribution in [0, 0.1) is 17.0 Å². The number of hydrogen-bond donors (Lipinski definition) is 1. The van der Waals surface area contributed by atoms with E-state index in [1.165, 1.54) is 6.07 Å². The number of aryl methyl sites for hydroxylation is 1. The van der Waals surface area contributed by atoms with Gasteiger partial charge in [0.2, 0.25) is 5.89 Å². The Balaban J connectivity index is 2.32. The minimum atomic E-state index is -0.453. The number of benzene rings is 1. The van der Waals surface area contributed by atoms with Crippen LogP contribution >= 0.6 is 0 Å². The Morgan fingerprint density at radius 3 is 2.80 bits per heavy atom. The first kappa shape index (κ1) is 14.1. The van der Waals surface area contributed by atoms with Crippen molar-refractivity contribution < 1.29 is 9.34 Å². The maximum Gasteiger partial charge on any atom is 0.282 e. The molecule has 1 aromatic heterocycles. The zero-order valence-electron chi connectivity index (χ0n) is 11.6. The predicted octanol–water partition coefficient (Wildman–Crippen LogP) is 2.45. The van der Waals surface area contributed by atoms with Gasteiger partial charge in [-0.05, 0) is 18.6 Å². The maximum absolute atomic E-state index is 11.0. The third-order valence-electron chi connectivity index (χ3n) is 2.71. The molecule has 7 heteroatoms. The van der Waals surface area contributed by atoms with Crippen LogP contribution in [0.5, 0.6) is 0 Å². The summed E-state index contributed by atoms with van der Waals surface area (Å²) in [5, 5.41) is 22.0. The topological polar surface area (TPSA) is 94.1 Å². The lowest BCUT2D eigenvalue weighted by atomic mass is 10.1. The molecule has 0 atom stereocenters. The first-order valence-corrected chi connectivity index (χ1v) is 6.28. The first-order chi connectivity index (χ1) is 9.47. The fourth-order valence-corrected chi connectivity index (χ4v) is 1.71. The van der Waals surface area contributed by atoms with Gasteiger partial charge in [0, 0.05) is 12.1 Å². The molecule has 2 rings (SSSR count). The number of nitrogens with zero attached hydrogens (tertiary/aromatic N) is 3. The van der Waals surface area contributed by atoms with Crippen LogP contribution < -0.4 is 5.32 Å². The molecule has 0 bridgehead atoms. The smallest absolute Gasteiger partial charge is 0.282 e. The molecule has 1 aromatic carbocycles. The summed E-state index contributed by atoms with van der Waals surface area (Å²) in [5.41, 5.74) is 1.20. The second-order valence-corrected chi connectivity index (χ2v) is 4.81. The molecule has 106 valence electrons. The van der Waals surface area contributed by atoms with E-state index in [9.17, 15) is 10.1 Å². The van der Waals surface area contributed by atoms with Gasteiger partial charge in [-0.2, -0.15) is 0 Å². The fourth-order valence-electron chi connectivity index (χ4n) is 1.71. The zero-order chi connectivity index (χ0) is 14.7. The first-order valence-electron chi connectivity index (χ1n) is 6.28. The Labute approximate surface area is 116 Å². The van der Waals surface area contributed by atoms with E-state index >= 15 is 0 Å². The van der Waals surface area contributed by atoms with E-state index in [1.54, 1.807) is 12.1 Å². The molecule has 0 aliphatic rings. The van der Waals surface area contributed by atoms with E-state index in [4.69, 9.17) is 4.42 Å².